The predicted molar refractivity (Wildman–Crippen MR) is 136 cm³/mol. The zero-order valence-electron chi connectivity index (χ0n) is 19.8. The standard InChI is InChI=1S/C28H25FN2O4S/c1-2-34-28(33)25-23-5-3-4-6-24(23)36-27(25)31-26(32)20(16-30)15-18-9-13-22(14-10-18)35-17-19-7-11-21(29)12-8-19/h7-15H,2-6,17H2,1H3,(H,31,32)/b20-15+. The molecular formula is C28H25FN2O4S. The number of aryl methyl sites for hydroxylation is 1. The number of fused-ring (bicyclic) bond motifs is 1. The van der Waals surface area contributed by atoms with E-state index in [1.165, 1.54) is 29.5 Å². The Morgan fingerprint density at radius 2 is 1.83 bits per heavy atom. The van der Waals surface area contributed by atoms with Crippen LogP contribution in [0.15, 0.2) is 54.1 Å². The van der Waals surface area contributed by atoms with Crippen LogP contribution in [0, 0.1) is 17.1 Å². The molecule has 4 rings (SSSR count). The normalized spacial score (nSPS) is 12.9. The number of hydrogen-bond acceptors (Lipinski definition) is 6. The van der Waals surface area contributed by atoms with Crippen molar-refractivity contribution in [1.29, 1.82) is 5.26 Å². The van der Waals surface area contributed by atoms with Gasteiger partial charge in [0.1, 0.15) is 34.8 Å². The summed E-state index contributed by atoms with van der Waals surface area (Å²) < 4.78 is 24.0. The number of nitrogens with one attached hydrogen (secondary N) is 1. The van der Waals surface area contributed by atoms with E-state index in [2.05, 4.69) is 5.32 Å². The first kappa shape index (κ1) is 25.1. The van der Waals surface area contributed by atoms with Crippen molar-refractivity contribution in [2.24, 2.45) is 0 Å². The van der Waals surface area contributed by atoms with E-state index < -0.39 is 11.9 Å². The first-order valence-electron chi connectivity index (χ1n) is 11.7. The van der Waals surface area contributed by atoms with E-state index >= 15 is 0 Å². The molecule has 1 aliphatic rings. The van der Waals surface area contributed by atoms with E-state index in [0.717, 1.165) is 41.7 Å². The molecule has 1 aliphatic carbocycles. The molecule has 2 aromatic carbocycles. The van der Waals surface area contributed by atoms with E-state index in [1.54, 1.807) is 43.3 Å². The van der Waals surface area contributed by atoms with Crippen LogP contribution in [-0.2, 0) is 29.0 Å². The summed E-state index contributed by atoms with van der Waals surface area (Å²) in [5.41, 5.74) is 2.74. The molecule has 1 amide bonds. The second kappa shape index (κ2) is 11.6. The number of nitrogens with zero attached hydrogens (tertiary/aromatic N) is 1. The molecule has 0 saturated carbocycles. The topological polar surface area (TPSA) is 88.4 Å². The van der Waals surface area contributed by atoms with E-state index in [-0.39, 0.29) is 24.6 Å². The van der Waals surface area contributed by atoms with Gasteiger partial charge in [-0.2, -0.15) is 5.26 Å². The highest BCUT2D eigenvalue weighted by atomic mass is 32.1. The summed E-state index contributed by atoms with van der Waals surface area (Å²) in [5.74, 6) is -0.741. The molecule has 0 fully saturated rings. The van der Waals surface area contributed by atoms with Crippen molar-refractivity contribution in [1.82, 2.24) is 0 Å². The number of carbonyl (C=O) groups excluding carboxylic acids is 2. The van der Waals surface area contributed by atoms with E-state index in [1.807, 2.05) is 6.07 Å². The van der Waals surface area contributed by atoms with Gasteiger partial charge in [-0.3, -0.25) is 4.79 Å². The van der Waals surface area contributed by atoms with Crippen LogP contribution < -0.4 is 10.1 Å². The van der Waals surface area contributed by atoms with Gasteiger partial charge in [-0.1, -0.05) is 24.3 Å². The van der Waals surface area contributed by atoms with E-state index in [4.69, 9.17) is 9.47 Å². The highest BCUT2D eigenvalue weighted by Crippen LogP contribution is 2.38. The van der Waals surface area contributed by atoms with Crippen molar-refractivity contribution in [3.63, 3.8) is 0 Å². The van der Waals surface area contributed by atoms with Crippen molar-refractivity contribution in [3.8, 4) is 11.8 Å². The highest BCUT2D eigenvalue weighted by Gasteiger charge is 2.27. The van der Waals surface area contributed by atoms with E-state index in [0.29, 0.717) is 21.9 Å². The van der Waals surface area contributed by atoms with Crippen LogP contribution in [0.4, 0.5) is 9.39 Å². The average Bonchev–Trinajstić information content (AvgIpc) is 3.25. The maximum absolute atomic E-state index is 13.0. The second-order valence-electron chi connectivity index (χ2n) is 8.24. The van der Waals surface area contributed by atoms with Gasteiger partial charge in [0.2, 0.25) is 0 Å². The first-order valence-corrected chi connectivity index (χ1v) is 12.5. The molecule has 0 saturated heterocycles. The van der Waals surface area contributed by atoms with Gasteiger partial charge in [0.25, 0.3) is 5.91 Å². The van der Waals surface area contributed by atoms with Crippen LogP contribution in [0.25, 0.3) is 6.08 Å². The molecule has 36 heavy (non-hydrogen) atoms. The van der Waals surface area contributed by atoms with Crippen LogP contribution in [-0.4, -0.2) is 18.5 Å². The molecular weight excluding hydrogens is 479 g/mol. The smallest absolute Gasteiger partial charge is 0.341 e. The number of nitriles is 1. The van der Waals surface area contributed by atoms with Gasteiger partial charge in [0, 0.05) is 4.88 Å². The van der Waals surface area contributed by atoms with Crippen molar-refractivity contribution >= 4 is 34.3 Å². The molecule has 184 valence electrons. The quantitative estimate of drug-likeness (QED) is 0.229. The zero-order chi connectivity index (χ0) is 25.5. The number of esters is 1. The van der Waals surface area contributed by atoms with Crippen molar-refractivity contribution < 1.29 is 23.5 Å². The van der Waals surface area contributed by atoms with Crippen LogP contribution in [0.3, 0.4) is 0 Å². The Morgan fingerprint density at radius 1 is 1.11 bits per heavy atom. The van der Waals surface area contributed by atoms with Crippen LogP contribution in [0.2, 0.25) is 0 Å². The number of amides is 1. The van der Waals surface area contributed by atoms with Crippen molar-refractivity contribution in [2.75, 3.05) is 11.9 Å². The Hall–Kier alpha value is -3.96. The minimum atomic E-state index is -0.585. The summed E-state index contributed by atoms with van der Waals surface area (Å²) in [6.07, 6.45) is 5.13. The van der Waals surface area contributed by atoms with Gasteiger partial charge in [-0.25, -0.2) is 9.18 Å². The first-order chi connectivity index (χ1) is 17.5. The fraction of sp³-hybridized carbons (Fsp3) is 0.250. The number of rotatable bonds is 8. The SMILES string of the molecule is CCOC(=O)c1c(NC(=O)/C(C#N)=C/c2ccc(OCc3ccc(F)cc3)cc2)sc2c1CCCC2. The second-order valence-corrected chi connectivity index (χ2v) is 9.35. The Labute approximate surface area is 213 Å². The molecule has 0 bridgehead atoms. The molecule has 0 atom stereocenters. The van der Waals surface area contributed by atoms with Gasteiger partial charge in [-0.05, 0) is 79.6 Å². The number of halogens is 1. The van der Waals surface area contributed by atoms with Gasteiger partial charge in [0.05, 0.1) is 12.2 Å². The number of carbonyl (C=O) groups is 2. The summed E-state index contributed by atoms with van der Waals surface area (Å²) in [6.45, 7) is 2.27. The Bertz CT molecular complexity index is 1320. The molecule has 0 spiro atoms. The Kier molecular flexibility index (Phi) is 8.13. The number of ether oxygens (including phenoxy) is 2. The van der Waals surface area contributed by atoms with Gasteiger partial charge >= 0.3 is 5.97 Å². The fourth-order valence-electron chi connectivity index (χ4n) is 3.97. The van der Waals surface area contributed by atoms with Crippen molar-refractivity contribution in [3.05, 3.63) is 87.1 Å². The van der Waals surface area contributed by atoms with Gasteiger partial charge in [0.15, 0.2) is 0 Å². The third-order valence-corrected chi connectivity index (χ3v) is 6.96. The highest BCUT2D eigenvalue weighted by molar-refractivity contribution is 7.17. The zero-order valence-corrected chi connectivity index (χ0v) is 20.6. The average molecular weight is 505 g/mol. The van der Waals surface area contributed by atoms with Crippen LogP contribution >= 0.6 is 11.3 Å². The summed E-state index contributed by atoms with van der Waals surface area (Å²) in [7, 11) is 0. The molecule has 3 aromatic rings. The molecule has 1 heterocycles. The van der Waals surface area contributed by atoms with Crippen LogP contribution in [0.1, 0.15) is 51.7 Å². The predicted octanol–water partition coefficient (Wildman–Crippen LogP) is 6.07. The number of benzene rings is 2. The number of anilines is 1. The largest absolute Gasteiger partial charge is 0.489 e. The third kappa shape index (κ3) is 5.99. The van der Waals surface area contributed by atoms with Gasteiger partial charge < -0.3 is 14.8 Å². The summed E-state index contributed by atoms with van der Waals surface area (Å²) >= 11 is 1.38. The number of hydrogen-bond donors (Lipinski definition) is 1. The van der Waals surface area contributed by atoms with Crippen LogP contribution in [0.5, 0.6) is 5.75 Å². The Balaban J connectivity index is 1.47. The lowest BCUT2D eigenvalue weighted by Gasteiger charge is -2.12. The number of thiophene rings is 1. The monoisotopic (exact) mass is 504 g/mol. The molecule has 0 aliphatic heterocycles. The molecule has 6 nitrogen and oxygen atoms in total. The van der Waals surface area contributed by atoms with Gasteiger partial charge in [-0.15, -0.1) is 11.3 Å². The third-order valence-electron chi connectivity index (χ3n) is 5.75. The van der Waals surface area contributed by atoms with Crippen molar-refractivity contribution in [2.45, 2.75) is 39.2 Å². The minimum absolute atomic E-state index is 0.0869. The summed E-state index contributed by atoms with van der Waals surface area (Å²) in [5, 5.41) is 12.8. The maximum Gasteiger partial charge on any atom is 0.341 e. The maximum atomic E-state index is 13.0. The fourth-order valence-corrected chi connectivity index (χ4v) is 5.24. The molecule has 0 unspecified atom stereocenters. The Morgan fingerprint density at radius 3 is 2.53 bits per heavy atom. The minimum Gasteiger partial charge on any atom is -0.489 e. The molecule has 1 N–H and O–H groups in total. The summed E-state index contributed by atoms with van der Waals surface area (Å²) in [6, 6.07) is 14.9. The van der Waals surface area contributed by atoms with E-state index in [9.17, 15) is 19.2 Å². The molecule has 1 aromatic heterocycles. The lowest BCUT2D eigenvalue weighted by molar-refractivity contribution is -0.112. The lowest BCUT2D eigenvalue weighted by atomic mass is 9.95. The molecule has 8 heteroatoms. The summed E-state index contributed by atoms with van der Waals surface area (Å²) in [4.78, 5) is 26.7. The molecule has 0 radical (unpaired) electrons. The lowest BCUT2D eigenvalue weighted by Crippen LogP contribution is -2.16.